The Kier molecular flexibility index (Phi) is 6.49. The van der Waals surface area contributed by atoms with Crippen LogP contribution in [0.15, 0.2) is 0 Å². The molecule has 1 heterocycles. The summed E-state index contributed by atoms with van der Waals surface area (Å²) in [6.07, 6.45) is 3.57. The van der Waals surface area contributed by atoms with Crippen LogP contribution in [0.2, 0.25) is 0 Å². The normalized spacial score (nSPS) is 20.4. The van der Waals surface area contributed by atoms with Gasteiger partial charge in [0.1, 0.15) is 0 Å². The fourth-order valence-electron chi connectivity index (χ4n) is 1.92. The number of carbonyl (C=O) groups excluding carboxylic acids is 1. The summed E-state index contributed by atoms with van der Waals surface area (Å²) in [5, 5.41) is 14.0. The molecule has 0 aliphatic carbocycles. The number of hydrogen-bond acceptors (Lipinski definition) is 3. The summed E-state index contributed by atoms with van der Waals surface area (Å²) in [5.74, 6) is -0.801. The molecule has 6 nitrogen and oxygen atoms in total. The lowest BCUT2D eigenvalue weighted by atomic mass is 10.1. The number of aliphatic carboxylic acids is 1. The van der Waals surface area contributed by atoms with Crippen molar-refractivity contribution in [2.45, 2.75) is 51.2 Å². The number of carboxylic acids is 1. The molecule has 3 N–H and O–H groups in total. The first-order chi connectivity index (χ1) is 8.58. The van der Waals surface area contributed by atoms with Crippen LogP contribution < -0.4 is 10.6 Å². The summed E-state index contributed by atoms with van der Waals surface area (Å²) in [4.78, 5) is 21.9. The highest BCUT2D eigenvalue weighted by molar-refractivity contribution is 5.74. The van der Waals surface area contributed by atoms with Crippen LogP contribution in [0.25, 0.3) is 0 Å². The van der Waals surface area contributed by atoms with Crippen LogP contribution in [-0.2, 0) is 9.53 Å². The van der Waals surface area contributed by atoms with Gasteiger partial charge in [-0.3, -0.25) is 4.79 Å². The van der Waals surface area contributed by atoms with Crippen molar-refractivity contribution in [3.05, 3.63) is 0 Å². The van der Waals surface area contributed by atoms with Crippen LogP contribution in [0, 0.1) is 0 Å². The van der Waals surface area contributed by atoms with Crippen LogP contribution in [0.4, 0.5) is 4.79 Å². The molecule has 1 aliphatic rings. The minimum Gasteiger partial charge on any atom is -0.481 e. The molecule has 0 bridgehead atoms. The van der Waals surface area contributed by atoms with Gasteiger partial charge >= 0.3 is 12.0 Å². The predicted octanol–water partition coefficient (Wildman–Crippen LogP) is 1.11. The van der Waals surface area contributed by atoms with Crippen molar-refractivity contribution in [1.29, 1.82) is 0 Å². The van der Waals surface area contributed by atoms with Gasteiger partial charge in [0.15, 0.2) is 0 Å². The number of ether oxygens (including phenoxy) is 1. The highest BCUT2D eigenvalue weighted by atomic mass is 16.5. The average molecular weight is 258 g/mol. The Labute approximate surface area is 107 Å². The van der Waals surface area contributed by atoms with E-state index in [2.05, 4.69) is 10.6 Å². The third-order valence-corrected chi connectivity index (χ3v) is 2.92. The van der Waals surface area contributed by atoms with Crippen molar-refractivity contribution >= 4 is 12.0 Å². The summed E-state index contributed by atoms with van der Waals surface area (Å²) in [6.45, 7) is 3.18. The van der Waals surface area contributed by atoms with Crippen molar-refractivity contribution in [3.63, 3.8) is 0 Å². The van der Waals surface area contributed by atoms with Gasteiger partial charge in [-0.25, -0.2) is 4.79 Å². The van der Waals surface area contributed by atoms with Crippen molar-refractivity contribution < 1.29 is 19.4 Å². The molecule has 104 valence electrons. The number of rotatable bonds is 7. The number of carboxylic acid groups (broad SMARTS) is 1. The highest BCUT2D eigenvalue weighted by Gasteiger charge is 2.16. The third kappa shape index (κ3) is 6.44. The lowest BCUT2D eigenvalue weighted by molar-refractivity contribution is -0.137. The fraction of sp³-hybridized carbons (Fsp3) is 0.833. The maximum absolute atomic E-state index is 11.5. The van der Waals surface area contributed by atoms with E-state index in [4.69, 9.17) is 9.84 Å². The smallest absolute Gasteiger partial charge is 0.315 e. The Morgan fingerprint density at radius 1 is 1.50 bits per heavy atom. The van der Waals surface area contributed by atoms with E-state index in [1.807, 2.05) is 6.92 Å². The predicted molar refractivity (Wildman–Crippen MR) is 66.5 cm³/mol. The molecule has 2 atom stereocenters. The molecule has 1 fully saturated rings. The van der Waals surface area contributed by atoms with Crippen LogP contribution in [0.3, 0.4) is 0 Å². The number of carbonyl (C=O) groups is 2. The summed E-state index contributed by atoms with van der Waals surface area (Å²) >= 11 is 0. The maximum atomic E-state index is 11.5. The van der Waals surface area contributed by atoms with Gasteiger partial charge in [0.25, 0.3) is 0 Å². The van der Waals surface area contributed by atoms with Gasteiger partial charge in [0, 0.05) is 25.6 Å². The summed E-state index contributed by atoms with van der Waals surface area (Å²) in [5.41, 5.74) is 0. The first-order valence-electron chi connectivity index (χ1n) is 6.45. The molecule has 0 aromatic heterocycles. The van der Waals surface area contributed by atoms with E-state index in [1.54, 1.807) is 0 Å². The van der Waals surface area contributed by atoms with Crippen LogP contribution in [-0.4, -0.2) is 42.4 Å². The number of hydrogen-bond donors (Lipinski definition) is 3. The number of urea groups is 1. The minimum absolute atomic E-state index is 0.0196. The van der Waals surface area contributed by atoms with Crippen molar-refractivity contribution in [1.82, 2.24) is 10.6 Å². The lowest BCUT2D eigenvalue weighted by Gasteiger charge is -2.15. The molecule has 0 aromatic rings. The SMILES string of the molecule is CC(CCCC(=O)O)NC(=O)NCC1CCCO1. The van der Waals surface area contributed by atoms with E-state index in [1.165, 1.54) is 0 Å². The van der Waals surface area contributed by atoms with E-state index >= 15 is 0 Å². The third-order valence-electron chi connectivity index (χ3n) is 2.92. The molecular weight excluding hydrogens is 236 g/mol. The fourth-order valence-corrected chi connectivity index (χ4v) is 1.92. The summed E-state index contributed by atoms with van der Waals surface area (Å²) < 4.78 is 5.39. The van der Waals surface area contributed by atoms with Crippen LogP contribution in [0.5, 0.6) is 0 Å². The first kappa shape index (κ1) is 14.8. The first-order valence-corrected chi connectivity index (χ1v) is 6.45. The second-order valence-electron chi connectivity index (χ2n) is 4.68. The van der Waals surface area contributed by atoms with Gasteiger partial charge in [0.05, 0.1) is 6.10 Å². The van der Waals surface area contributed by atoms with Crippen molar-refractivity contribution in [2.75, 3.05) is 13.2 Å². The molecule has 1 saturated heterocycles. The van der Waals surface area contributed by atoms with E-state index in [9.17, 15) is 9.59 Å². The Balaban J connectivity index is 2.05. The van der Waals surface area contributed by atoms with Crippen molar-refractivity contribution in [2.24, 2.45) is 0 Å². The van der Waals surface area contributed by atoms with Gasteiger partial charge in [-0.05, 0) is 32.6 Å². The summed E-state index contributed by atoms with van der Waals surface area (Å²) in [6, 6.07) is -0.234. The molecule has 0 aromatic carbocycles. The van der Waals surface area contributed by atoms with E-state index < -0.39 is 5.97 Å². The Bertz CT molecular complexity index is 277. The average Bonchev–Trinajstić information content (AvgIpc) is 2.78. The number of amides is 2. The second-order valence-corrected chi connectivity index (χ2v) is 4.68. The van der Waals surface area contributed by atoms with Crippen molar-refractivity contribution in [3.8, 4) is 0 Å². The zero-order chi connectivity index (χ0) is 13.4. The van der Waals surface area contributed by atoms with E-state index in [-0.39, 0.29) is 24.6 Å². The quantitative estimate of drug-likeness (QED) is 0.638. The topological polar surface area (TPSA) is 87.7 Å². The molecule has 6 heteroatoms. The van der Waals surface area contributed by atoms with Gasteiger partial charge < -0.3 is 20.5 Å². The molecule has 0 spiro atoms. The molecular formula is C12H22N2O4. The Morgan fingerprint density at radius 2 is 2.28 bits per heavy atom. The zero-order valence-corrected chi connectivity index (χ0v) is 10.8. The standard InChI is InChI=1S/C12H22N2O4/c1-9(4-2-6-11(15)16)14-12(17)13-8-10-5-3-7-18-10/h9-10H,2-8H2,1H3,(H,15,16)(H2,13,14,17). The highest BCUT2D eigenvalue weighted by Crippen LogP contribution is 2.10. The van der Waals surface area contributed by atoms with Gasteiger partial charge in [-0.15, -0.1) is 0 Å². The largest absolute Gasteiger partial charge is 0.481 e. The Hall–Kier alpha value is -1.30. The number of nitrogens with one attached hydrogen (secondary N) is 2. The molecule has 0 radical (unpaired) electrons. The monoisotopic (exact) mass is 258 g/mol. The zero-order valence-electron chi connectivity index (χ0n) is 10.8. The molecule has 2 amide bonds. The molecule has 1 rings (SSSR count). The molecule has 18 heavy (non-hydrogen) atoms. The summed E-state index contributed by atoms with van der Waals surface area (Å²) in [7, 11) is 0. The van der Waals surface area contributed by atoms with Gasteiger partial charge in [-0.1, -0.05) is 0 Å². The Morgan fingerprint density at radius 3 is 2.89 bits per heavy atom. The van der Waals surface area contributed by atoms with Crippen LogP contribution >= 0.6 is 0 Å². The van der Waals surface area contributed by atoms with Crippen LogP contribution in [0.1, 0.15) is 39.0 Å². The van der Waals surface area contributed by atoms with E-state index in [0.29, 0.717) is 19.4 Å². The maximum Gasteiger partial charge on any atom is 0.315 e. The van der Waals surface area contributed by atoms with E-state index in [0.717, 1.165) is 19.4 Å². The van der Waals surface area contributed by atoms with Gasteiger partial charge in [-0.2, -0.15) is 0 Å². The molecule has 1 aliphatic heterocycles. The molecule has 0 saturated carbocycles. The minimum atomic E-state index is -0.801. The van der Waals surface area contributed by atoms with Gasteiger partial charge in [0.2, 0.25) is 0 Å². The lowest BCUT2D eigenvalue weighted by Crippen LogP contribution is -2.43. The molecule has 2 unspecified atom stereocenters. The second kappa shape index (κ2) is 7.92.